The first-order valence-electron chi connectivity index (χ1n) is 8.24. The van der Waals surface area contributed by atoms with Gasteiger partial charge in [0.25, 0.3) is 0 Å². The molecule has 0 atom stereocenters. The molecule has 2 aromatic rings. The topological polar surface area (TPSA) is 58.8 Å². The highest BCUT2D eigenvalue weighted by molar-refractivity contribution is 5.84. The van der Waals surface area contributed by atoms with E-state index < -0.39 is 6.67 Å². The van der Waals surface area contributed by atoms with Crippen molar-refractivity contribution in [2.45, 2.75) is 13.5 Å². The maximum atomic E-state index is 12.6. The standard InChI is InChI=1S/C17H23FN6O/c1-13-14(15-4-6-23(21-15)7-5-18)10-17(20-16(13)11-19-2)24-8-9-25-12-22(24)3/h4,6,10-11H,5,7-9,12H2,1-3H3. The maximum absolute atomic E-state index is 12.6. The van der Waals surface area contributed by atoms with E-state index in [1.807, 2.05) is 31.1 Å². The molecule has 1 aliphatic rings. The van der Waals surface area contributed by atoms with Gasteiger partial charge < -0.3 is 4.74 Å². The van der Waals surface area contributed by atoms with Gasteiger partial charge in [-0.3, -0.25) is 14.7 Å². The molecule has 0 aliphatic carbocycles. The second kappa shape index (κ2) is 7.71. The Balaban J connectivity index is 2.06. The van der Waals surface area contributed by atoms with Crippen LogP contribution in [-0.4, -0.2) is 66.6 Å². The highest BCUT2D eigenvalue weighted by atomic mass is 19.1. The fraction of sp³-hybridized carbons (Fsp3) is 0.471. The summed E-state index contributed by atoms with van der Waals surface area (Å²) >= 11 is 0. The van der Waals surface area contributed by atoms with Gasteiger partial charge in [-0.1, -0.05) is 0 Å². The van der Waals surface area contributed by atoms with Crippen LogP contribution in [0.5, 0.6) is 0 Å². The molecule has 0 spiro atoms. The van der Waals surface area contributed by atoms with E-state index in [1.165, 1.54) is 0 Å². The molecule has 0 bridgehead atoms. The van der Waals surface area contributed by atoms with Crippen molar-refractivity contribution < 1.29 is 9.13 Å². The zero-order valence-electron chi connectivity index (χ0n) is 14.8. The summed E-state index contributed by atoms with van der Waals surface area (Å²) in [6, 6.07) is 3.92. The number of ether oxygens (including phenoxy) is 1. The molecule has 1 aliphatic heterocycles. The molecule has 3 heterocycles. The van der Waals surface area contributed by atoms with Crippen molar-refractivity contribution in [3.63, 3.8) is 0 Å². The molecule has 0 aromatic carbocycles. The Morgan fingerprint density at radius 1 is 1.44 bits per heavy atom. The van der Waals surface area contributed by atoms with Crippen LogP contribution in [0.25, 0.3) is 11.3 Å². The number of pyridine rings is 1. The molecule has 8 heteroatoms. The minimum Gasteiger partial charge on any atom is -0.363 e. The minimum absolute atomic E-state index is 0.256. The van der Waals surface area contributed by atoms with E-state index in [2.05, 4.69) is 15.1 Å². The fourth-order valence-corrected chi connectivity index (χ4v) is 2.86. The van der Waals surface area contributed by atoms with Crippen LogP contribution in [0.1, 0.15) is 11.3 Å². The number of nitrogens with zero attached hydrogens (tertiary/aromatic N) is 6. The van der Waals surface area contributed by atoms with E-state index in [4.69, 9.17) is 9.72 Å². The highest BCUT2D eigenvalue weighted by Gasteiger charge is 2.21. The van der Waals surface area contributed by atoms with E-state index in [0.29, 0.717) is 13.3 Å². The highest BCUT2D eigenvalue weighted by Crippen LogP contribution is 2.28. The summed E-state index contributed by atoms with van der Waals surface area (Å²) in [7, 11) is 3.69. The Bertz CT molecular complexity index is 760. The maximum Gasteiger partial charge on any atom is 0.144 e. The van der Waals surface area contributed by atoms with Crippen molar-refractivity contribution in [3.8, 4) is 11.3 Å². The summed E-state index contributed by atoms with van der Waals surface area (Å²) in [6.45, 7) is 3.72. The monoisotopic (exact) mass is 346 g/mol. The molecule has 0 saturated carbocycles. The second-order valence-electron chi connectivity index (χ2n) is 5.90. The van der Waals surface area contributed by atoms with Gasteiger partial charge in [0.2, 0.25) is 0 Å². The number of hydrogen-bond donors (Lipinski definition) is 0. The van der Waals surface area contributed by atoms with Gasteiger partial charge in [0.1, 0.15) is 19.2 Å². The lowest BCUT2D eigenvalue weighted by molar-refractivity contribution is -0.000479. The number of anilines is 1. The Labute approximate surface area is 146 Å². The van der Waals surface area contributed by atoms with Gasteiger partial charge in [-0.15, -0.1) is 0 Å². The number of hydrazine groups is 1. The smallest absolute Gasteiger partial charge is 0.144 e. The Morgan fingerprint density at radius 2 is 2.28 bits per heavy atom. The van der Waals surface area contributed by atoms with E-state index in [0.717, 1.165) is 34.9 Å². The zero-order valence-corrected chi connectivity index (χ0v) is 14.8. The van der Waals surface area contributed by atoms with Gasteiger partial charge in [0, 0.05) is 32.1 Å². The normalized spacial score (nSPS) is 16.1. The molecule has 1 saturated heterocycles. The fourth-order valence-electron chi connectivity index (χ4n) is 2.86. The number of aromatic nitrogens is 3. The van der Waals surface area contributed by atoms with Crippen LogP contribution in [-0.2, 0) is 11.3 Å². The Hall–Kier alpha value is -2.32. The third-order valence-corrected chi connectivity index (χ3v) is 4.18. The van der Waals surface area contributed by atoms with Crippen LogP contribution in [0.4, 0.5) is 10.2 Å². The van der Waals surface area contributed by atoms with Gasteiger partial charge in [-0.2, -0.15) is 10.1 Å². The van der Waals surface area contributed by atoms with Crippen molar-refractivity contribution >= 4 is 12.0 Å². The molecule has 0 unspecified atom stereocenters. The minimum atomic E-state index is -0.436. The number of hydrogen-bond acceptors (Lipinski definition) is 6. The lowest BCUT2D eigenvalue weighted by Gasteiger charge is -2.36. The second-order valence-corrected chi connectivity index (χ2v) is 5.90. The van der Waals surface area contributed by atoms with Gasteiger partial charge in [-0.25, -0.2) is 9.37 Å². The Morgan fingerprint density at radius 3 is 3.00 bits per heavy atom. The largest absolute Gasteiger partial charge is 0.363 e. The van der Waals surface area contributed by atoms with E-state index in [-0.39, 0.29) is 6.54 Å². The van der Waals surface area contributed by atoms with Crippen molar-refractivity contribution in [3.05, 3.63) is 29.6 Å². The summed E-state index contributed by atoms with van der Waals surface area (Å²) < 4.78 is 19.6. The first kappa shape index (κ1) is 17.5. The van der Waals surface area contributed by atoms with Crippen LogP contribution >= 0.6 is 0 Å². The zero-order chi connectivity index (χ0) is 17.8. The number of halogens is 1. The summed E-state index contributed by atoms with van der Waals surface area (Å²) in [5.41, 5.74) is 3.57. The van der Waals surface area contributed by atoms with Crippen molar-refractivity contribution in [2.24, 2.45) is 4.99 Å². The molecule has 134 valence electrons. The predicted molar refractivity (Wildman–Crippen MR) is 95.6 cm³/mol. The third-order valence-electron chi connectivity index (χ3n) is 4.18. The molecule has 0 amide bonds. The lowest BCUT2D eigenvalue weighted by Crippen LogP contribution is -2.48. The third kappa shape index (κ3) is 3.69. The SMILES string of the molecule is CN=Cc1nc(N2CCOCN2C)cc(-c2ccn(CCF)n2)c1C. The molecular weight excluding hydrogens is 323 g/mol. The first-order chi connectivity index (χ1) is 12.1. The average molecular weight is 346 g/mol. The van der Waals surface area contributed by atoms with Crippen molar-refractivity contribution in [1.29, 1.82) is 0 Å². The number of alkyl halides is 1. The molecule has 7 nitrogen and oxygen atoms in total. The summed E-state index contributed by atoms with van der Waals surface area (Å²) in [4.78, 5) is 8.87. The van der Waals surface area contributed by atoms with Crippen LogP contribution in [0, 0.1) is 6.92 Å². The van der Waals surface area contributed by atoms with Gasteiger partial charge >= 0.3 is 0 Å². The molecule has 3 rings (SSSR count). The summed E-state index contributed by atoms with van der Waals surface area (Å²) in [5.74, 6) is 0.821. The lowest BCUT2D eigenvalue weighted by atomic mass is 10.0. The molecule has 0 radical (unpaired) electrons. The molecule has 25 heavy (non-hydrogen) atoms. The van der Waals surface area contributed by atoms with E-state index in [9.17, 15) is 4.39 Å². The van der Waals surface area contributed by atoms with E-state index in [1.54, 1.807) is 24.1 Å². The van der Waals surface area contributed by atoms with Gasteiger partial charge in [-0.05, 0) is 24.6 Å². The molecular formula is C17H23FN6O. The first-order valence-corrected chi connectivity index (χ1v) is 8.24. The van der Waals surface area contributed by atoms with E-state index >= 15 is 0 Å². The summed E-state index contributed by atoms with van der Waals surface area (Å²) in [5, 5.41) is 8.55. The van der Waals surface area contributed by atoms with Gasteiger partial charge in [0.05, 0.1) is 31.1 Å². The molecule has 0 N–H and O–H groups in total. The van der Waals surface area contributed by atoms with Crippen LogP contribution in [0.2, 0.25) is 0 Å². The molecule has 1 fully saturated rings. The van der Waals surface area contributed by atoms with Crippen LogP contribution < -0.4 is 5.01 Å². The average Bonchev–Trinajstić information content (AvgIpc) is 3.06. The predicted octanol–water partition coefficient (Wildman–Crippen LogP) is 1.91. The number of rotatable bonds is 5. The quantitative estimate of drug-likeness (QED) is 0.774. The number of aryl methyl sites for hydroxylation is 1. The number of aliphatic imine (C=N–C) groups is 1. The van der Waals surface area contributed by atoms with Crippen molar-refractivity contribution in [2.75, 3.05) is 45.7 Å². The summed E-state index contributed by atoms with van der Waals surface area (Å²) in [6.07, 6.45) is 3.55. The van der Waals surface area contributed by atoms with Crippen LogP contribution in [0.15, 0.2) is 23.3 Å². The van der Waals surface area contributed by atoms with Crippen LogP contribution in [0.3, 0.4) is 0 Å². The Kier molecular flexibility index (Phi) is 5.40. The van der Waals surface area contributed by atoms with Gasteiger partial charge in [0.15, 0.2) is 0 Å². The van der Waals surface area contributed by atoms with Crippen molar-refractivity contribution in [1.82, 2.24) is 19.8 Å². The molecule has 2 aromatic heterocycles.